The maximum atomic E-state index is 14.0. The third-order valence-corrected chi connectivity index (χ3v) is 3.89. The molecule has 0 aliphatic rings. The summed E-state index contributed by atoms with van der Waals surface area (Å²) in [7, 11) is 1.46. The van der Waals surface area contributed by atoms with E-state index in [9.17, 15) is 14.3 Å². The molecule has 0 atom stereocenters. The number of nitrogens with zero attached hydrogens (tertiary/aromatic N) is 1. The molecule has 0 unspecified atom stereocenters. The van der Waals surface area contributed by atoms with Gasteiger partial charge >= 0.3 is 5.97 Å². The molecule has 20 heavy (non-hydrogen) atoms. The molecule has 0 amide bonds. The van der Waals surface area contributed by atoms with Gasteiger partial charge in [0, 0.05) is 11.6 Å². The van der Waals surface area contributed by atoms with E-state index in [2.05, 4.69) is 4.98 Å². The summed E-state index contributed by atoms with van der Waals surface area (Å²) in [6.45, 7) is 3.71. The van der Waals surface area contributed by atoms with Crippen molar-refractivity contribution < 1.29 is 19.0 Å². The van der Waals surface area contributed by atoms with Gasteiger partial charge in [-0.25, -0.2) is 14.2 Å². The van der Waals surface area contributed by atoms with E-state index in [4.69, 9.17) is 4.74 Å². The fraction of sp³-hybridized carbons (Fsp3) is 0.286. The lowest BCUT2D eigenvalue weighted by atomic mass is 10.1. The van der Waals surface area contributed by atoms with Crippen LogP contribution in [-0.2, 0) is 0 Å². The first-order valence-corrected chi connectivity index (χ1v) is 6.83. The zero-order valence-electron chi connectivity index (χ0n) is 11.3. The molecule has 4 nitrogen and oxygen atoms in total. The summed E-state index contributed by atoms with van der Waals surface area (Å²) in [4.78, 5) is 15.6. The maximum absolute atomic E-state index is 14.0. The molecule has 0 saturated carbocycles. The maximum Gasteiger partial charge on any atom is 0.347 e. The van der Waals surface area contributed by atoms with Crippen LogP contribution in [0.2, 0.25) is 0 Å². The Morgan fingerprint density at radius 1 is 1.45 bits per heavy atom. The molecule has 6 heteroatoms. The van der Waals surface area contributed by atoms with Crippen LogP contribution in [0.15, 0.2) is 18.2 Å². The Balaban J connectivity index is 2.53. The molecule has 0 radical (unpaired) electrons. The molecule has 0 saturated heterocycles. The highest BCUT2D eigenvalue weighted by Gasteiger charge is 2.21. The van der Waals surface area contributed by atoms with Crippen LogP contribution in [0.1, 0.15) is 35.1 Å². The lowest BCUT2D eigenvalue weighted by molar-refractivity contribution is 0.0700. The van der Waals surface area contributed by atoms with Crippen molar-refractivity contribution in [2.45, 2.75) is 19.8 Å². The number of carbonyl (C=O) groups is 1. The second kappa shape index (κ2) is 5.58. The average Bonchev–Trinajstić information content (AvgIpc) is 2.83. The van der Waals surface area contributed by atoms with Crippen LogP contribution in [0.3, 0.4) is 0 Å². The van der Waals surface area contributed by atoms with Crippen molar-refractivity contribution in [3.05, 3.63) is 34.6 Å². The van der Waals surface area contributed by atoms with Crippen molar-refractivity contribution in [1.82, 2.24) is 4.98 Å². The molecule has 0 bridgehead atoms. The second-order valence-corrected chi connectivity index (χ2v) is 5.54. The minimum Gasteiger partial charge on any atom is -0.497 e. The van der Waals surface area contributed by atoms with Crippen LogP contribution in [0.25, 0.3) is 10.6 Å². The third kappa shape index (κ3) is 2.65. The van der Waals surface area contributed by atoms with Crippen molar-refractivity contribution in [1.29, 1.82) is 0 Å². The Labute approximate surface area is 119 Å². The Hall–Kier alpha value is -1.95. The number of thiazole rings is 1. The van der Waals surface area contributed by atoms with Crippen LogP contribution in [-0.4, -0.2) is 23.2 Å². The van der Waals surface area contributed by atoms with E-state index in [0.29, 0.717) is 16.5 Å². The molecule has 2 rings (SSSR count). The van der Waals surface area contributed by atoms with Crippen LogP contribution in [0.4, 0.5) is 4.39 Å². The predicted molar refractivity (Wildman–Crippen MR) is 75.1 cm³/mol. The lowest BCUT2D eigenvalue weighted by Crippen LogP contribution is -2.00. The van der Waals surface area contributed by atoms with Gasteiger partial charge in [0.25, 0.3) is 0 Å². The highest BCUT2D eigenvalue weighted by molar-refractivity contribution is 7.17. The lowest BCUT2D eigenvalue weighted by Gasteiger charge is -2.03. The zero-order valence-corrected chi connectivity index (χ0v) is 12.1. The fourth-order valence-electron chi connectivity index (χ4n) is 1.79. The minimum atomic E-state index is -1.04. The molecule has 1 heterocycles. The van der Waals surface area contributed by atoms with Gasteiger partial charge in [0.2, 0.25) is 0 Å². The van der Waals surface area contributed by atoms with Gasteiger partial charge in [-0.1, -0.05) is 13.8 Å². The highest BCUT2D eigenvalue weighted by Crippen LogP contribution is 2.34. The summed E-state index contributed by atoms with van der Waals surface area (Å²) in [5, 5.41) is 9.55. The molecule has 106 valence electrons. The van der Waals surface area contributed by atoms with E-state index in [1.807, 2.05) is 13.8 Å². The Morgan fingerprint density at radius 2 is 2.15 bits per heavy atom. The zero-order chi connectivity index (χ0) is 14.9. The van der Waals surface area contributed by atoms with Crippen molar-refractivity contribution in [2.75, 3.05) is 7.11 Å². The Bertz CT molecular complexity index is 652. The summed E-state index contributed by atoms with van der Waals surface area (Å²) in [5.41, 5.74) is 0.762. The van der Waals surface area contributed by atoms with E-state index >= 15 is 0 Å². The van der Waals surface area contributed by atoms with Crippen molar-refractivity contribution >= 4 is 17.3 Å². The Kier molecular flexibility index (Phi) is 4.04. The number of aromatic carboxylic acids is 1. The number of methoxy groups -OCH3 is 1. The summed E-state index contributed by atoms with van der Waals surface area (Å²) in [5.74, 6) is -1.14. The molecule has 1 aromatic heterocycles. The van der Waals surface area contributed by atoms with Gasteiger partial charge in [0.1, 0.15) is 21.5 Å². The standard InChI is InChI=1S/C14H14FNO3S/c1-7(2)11-12(14(17)18)20-13(16-11)9-5-4-8(19-3)6-10(9)15/h4-7H,1-3H3,(H,17,18). The van der Waals surface area contributed by atoms with E-state index in [0.717, 1.165) is 11.3 Å². The molecule has 0 spiro atoms. The summed E-state index contributed by atoms with van der Waals surface area (Å²) in [6.07, 6.45) is 0. The second-order valence-electron chi connectivity index (χ2n) is 4.54. The van der Waals surface area contributed by atoms with E-state index in [-0.39, 0.29) is 16.4 Å². The SMILES string of the molecule is COc1ccc(-c2nc(C(C)C)c(C(=O)O)s2)c(F)c1. The topological polar surface area (TPSA) is 59.4 Å². The summed E-state index contributed by atoms with van der Waals surface area (Å²) < 4.78 is 18.9. The molecule has 2 aromatic rings. The van der Waals surface area contributed by atoms with Crippen LogP contribution in [0.5, 0.6) is 5.75 Å². The van der Waals surface area contributed by atoms with Gasteiger partial charge in [-0.3, -0.25) is 0 Å². The number of ether oxygens (including phenoxy) is 1. The monoisotopic (exact) mass is 295 g/mol. The number of hydrogen-bond donors (Lipinski definition) is 1. The van der Waals surface area contributed by atoms with E-state index in [1.165, 1.54) is 13.2 Å². The van der Waals surface area contributed by atoms with Gasteiger partial charge in [-0.2, -0.15) is 0 Å². The average molecular weight is 295 g/mol. The smallest absolute Gasteiger partial charge is 0.347 e. The summed E-state index contributed by atoms with van der Waals surface area (Å²) >= 11 is 0.985. The van der Waals surface area contributed by atoms with Crippen LogP contribution < -0.4 is 4.74 Å². The van der Waals surface area contributed by atoms with Gasteiger partial charge in [0.15, 0.2) is 0 Å². The number of carboxylic acid groups (broad SMARTS) is 1. The molecule has 0 aliphatic heterocycles. The molecule has 0 fully saturated rings. The molecule has 1 aromatic carbocycles. The Morgan fingerprint density at radius 3 is 2.60 bits per heavy atom. The molecule has 0 aliphatic carbocycles. The van der Waals surface area contributed by atoms with Gasteiger partial charge in [0.05, 0.1) is 12.8 Å². The number of aromatic nitrogens is 1. The molecular formula is C14H14FNO3S. The van der Waals surface area contributed by atoms with Crippen LogP contribution in [0, 0.1) is 5.82 Å². The normalized spacial score (nSPS) is 10.8. The fourth-order valence-corrected chi connectivity index (χ4v) is 2.87. The number of benzene rings is 1. The van der Waals surface area contributed by atoms with Crippen molar-refractivity contribution in [3.63, 3.8) is 0 Å². The van der Waals surface area contributed by atoms with Gasteiger partial charge in [-0.15, -0.1) is 11.3 Å². The van der Waals surface area contributed by atoms with Crippen molar-refractivity contribution in [3.8, 4) is 16.3 Å². The first-order chi connectivity index (χ1) is 9.43. The van der Waals surface area contributed by atoms with Gasteiger partial charge in [-0.05, 0) is 18.1 Å². The quantitative estimate of drug-likeness (QED) is 0.932. The number of hydrogen-bond acceptors (Lipinski definition) is 4. The third-order valence-electron chi connectivity index (χ3n) is 2.80. The first kappa shape index (κ1) is 14.5. The summed E-state index contributed by atoms with van der Waals surface area (Å²) in [6, 6.07) is 4.42. The number of carboxylic acids is 1. The minimum absolute atomic E-state index is 0.0348. The highest BCUT2D eigenvalue weighted by atomic mass is 32.1. The van der Waals surface area contributed by atoms with Crippen molar-refractivity contribution in [2.24, 2.45) is 0 Å². The largest absolute Gasteiger partial charge is 0.497 e. The first-order valence-electron chi connectivity index (χ1n) is 6.02. The number of halogens is 1. The predicted octanol–water partition coefficient (Wildman–Crippen LogP) is 3.78. The van der Waals surface area contributed by atoms with Gasteiger partial charge < -0.3 is 9.84 Å². The number of rotatable bonds is 4. The van der Waals surface area contributed by atoms with E-state index < -0.39 is 11.8 Å². The molecular weight excluding hydrogens is 281 g/mol. The molecule has 1 N–H and O–H groups in total. The van der Waals surface area contributed by atoms with Crippen LogP contribution >= 0.6 is 11.3 Å². The van der Waals surface area contributed by atoms with E-state index in [1.54, 1.807) is 12.1 Å².